The van der Waals surface area contributed by atoms with E-state index in [1.807, 2.05) is 6.07 Å². The predicted octanol–water partition coefficient (Wildman–Crippen LogP) is 4.91. The van der Waals surface area contributed by atoms with E-state index >= 15 is 0 Å². The van der Waals surface area contributed by atoms with Crippen LogP contribution in [0.4, 0.5) is 4.39 Å². The van der Waals surface area contributed by atoms with Crippen molar-refractivity contribution in [2.45, 2.75) is 33.6 Å². The maximum atomic E-state index is 13.8. The Morgan fingerprint density at radius 1 is 1.00 bits per heavy atom. The van der Waals surface area contributed by atoms with Gasteiger partial charge in [0.25, 0.3) is 0 Å². The van der Waals surface area contributed by atoms with Crippen LogP contribution in [0, 0.1) is 45.4 Å². The van der Waals surface area contributed by atoms with Crippen LogP contribution in [0.15, 0.2) is 42.5 Å². The topological polar surface area (TPSA) is 17.8 Å². The number of nitrogens with zero attached hydrogens (tertiary/aromatic N) is 2. The molecule has 2 aromatic heterocycles. The lowest BCUT2D eigenvalue weighted by atomic mass is 10.0. The molecule has 0 bridgehead atoms. The van der Waals surface area contributed by atoms with Crippen LogP contribution in [-0.4, -0.2) is 9.55 Å². The fraction of sp³-hybridized carbons (Fsp3) is 0.217. The molecule has 0 aliphatic heterocycles. The molecule has 26 heavy (non-hydrogen) atoms. The highest BCUT2D eigenvalue weighted by Gasteiger charge is 2.08. The molecule has 3 aromatic rings. The van der Waals surface area contributed by atoms with Gasteiger partial charge in [-0.25, -0.2) is 9.37 Å². The van der Waals surface area contributed by atoms with E-state index in [4.69, 9.17) is 4.98 Å². The van der Waals surface area contributed by atoms with Gasteiger partial charge in [0.2, 0.25) is 0 Å². The quantitative estimate of drug-likeness (QED) is 0.615. The zero-order chi connectivity index (χ0) is 18.7. The summed E-state index contributed by atoms with van der Waals surface area (Å²) >= 11 is 0. The second-order valence-corrected chi connectivity index (χ2v) is 6.60. The van der Waals surface area contributed by atoms with E-state index in [-0.39, 0.29) is 5.82 Å². The monoisotopic (exact) mass is 345 g/mol. The minimum atomic E-state index is -0.267. The Hall–Kier alpha value is -2.86. The Bertz CT molecular complexity index is 983. The van der Waals surface area contributed by atoms with E-state index in [1.54, 1.807) is 6.07 Å². The molecule has 0 spiro atoms. The van der Waals surface area contributed by atoms with E-state index in [1.165, 1.54) is 11.6 Å². The van der Waals surface area contributed by atoms with Crippen LogP contribution in [0.1, 0.15) is 33.8 Å². The summed E-state index contributed by atoms with van der Waals surface area (Å²) < 4.78 is 15.9. The summed E-state index contributed by atoms with van der Waals surface area (Å²) in [4.78, 5) is 4.83. The molecule has 0 amide bonds. The Balaban J connectivity index is 1.86. The average Bonchev–Trinajstić information content (AvgIpc) is 2.91. The molecule has 0 aliphatic rings. The highest BCUT2D eigenvalue weighted by molar-refractivity contribution is 5.39. The summed E-state index contributed by atoms with van der Waals surface area (Å²) in [5.41, 5.74) is 6.07. The predicted molar refractivity (Wildman–Crippen MR) is 104 cm³/mol. The van der Waals surface area contributed by atoms with Gasteiger partial charge in [-0.15, -0.1) is 0 Å². The van der Waals surface area contributed by atoms with Crippen molar-refractivity contribution in [3.8, 4) is 17.7 Å². The van der Waals surface area contributed by atoms with Gasteiger partial charge < -0.3 is 4.57 Å². The van der Waals surface area contributed by atoms with Crippen LogP contribution in [0.25, 0.3) is 5.82 Å². The van der Waals surface area contributed by atoms with Crippen LogP contribution >= 0.6 is 0 Å². The van der Waals surface area contributed by atoms with Gasteiger partial charge in [-0.05, 0) is 87.2 Å². The fourth-order valence-corrected chi connectivity index (χ4v) is 3.23. The minimum Gasteiger partial charge on any atom is -0.303 e. The van der Waals surface area contributed by atoms with E-state index < -0.39 is 0 Å². The molecule has 131 valence electrons. The Kier molecular flexibility index (Phi) is 5.23. The number of halogens is 1. The zero-order valence-electron chi connectivity index (χ0n) is 15.4. The number of aromatic nitrogens is 2. The third-order valence-electron chi connectivity index (χ3n) is 4.37. The van der Waals surface area contributed by atoms with Crippen molar-refractivity contribution in [2.75, 3.05) is 0 Å². The molecular weight excluding hydrogens is 323 g/mol. The van der Waals surface area contributed by atoms with Crippen LogP contribution < -0.4 is 0 Å². The fourth-order valence-electron chi connectivity index (χ4n) is 3.23. The molecule has 0 unspecified atom stereocenters. The molecule has 0 saturated carbocycles. The molecule has 0 saturated heterocycles. The summed E-state index contributed by atoms with van der Waals surface area (Å²) in [6, 6.07) is 13.3. The maximum Gasteiger partial charge on any atom is 0.137 e. The molecule has 0 atom stereocenters. The first-order valence-corrected chi connectivity index (χ1v) is 8.67. The van der Waals surface area contributed by atoms with Gasteiger partial charge in [0.05, 0.1) is 0 Å². The molecule has 2 heterocycles. The van der Waals surface area contributed by atoms with Crippen LogP contribution in [0.3, 0.4) is 0 Å². The summed E-state index contributed by atoms with van der Waals surface area (Å²) in [6.45, 7) is 9.73. The van der Waals surface area contributed by atoms with E-state index in [9.17, 15) is 4.39 Å². The Morgan fingerprint density at radius 2 is 1.73 bits per heavy atom. The number of aryl methyl sites for hydroxylation is 5. The van der Waals surface area contributed by atoms with Crippen molar-refractivity contribution >= 4 is 0 Å². The SMILES string of the molecule is [CH2]C#Cc1cc(F)cc(CCc2cc(C)cc(-n3c(C)ccc3C)n2)c1. The second-order valence-electron chi connectivity index (χ2n) is 6.60. The lowest BCUT2D eigenvalue weighted by Crippen LogP contribution is -2.05. The van der Waals surface area contributed by atoms with Crippen molar-refractivity contribution in [3.05, 3.63) is 89.0 Å². The lowest BCUT2D eigenvalue weighted by molar-refractivity contribution is 0.624. The van der Waals surface area contributed by atoms with E-state index in [0.29, 0.717) is 12.0 Å². The van der Waals surface area contributed by atoms with Gasteiger partial charge in [0.1, 0.15) is 11.6 Å². The summed E-state index contributed by atoms with van der Waals surface area (Å²) in [5.74, 6) is 6.05. The number of hydrogen-bond donors (Lipinski definition) is 0. The molecule has 1 aromatic carbocycles. The molecule has 0 N–H and O–H groups in total. The van der Waals surface area contributed by atoms with E-state index in [0.717, 1.165) is 34.9 Å². The third-order valence-corrected chi connectivity index (χ3v) is 4.37. The normalized spacial score (nSPS) is 10.5. The minimum absolute atomic E-state index is 0.267. The van der Waals surface area contributed by atoms with Gasteiger partial charge in [0, 0.05) is 29.6 Å². The van der Waals surface area contributed by atoms with Gasteiger partial charge >= 0.3 is 0 Å². The lowest BCUT2D eigenvalue weighted by Gasteiger charge is -2.12. The third kappa shape index (κ3) is 4.03. The van der Waals surface area contributed by atoms with Crippen LogP contribution in [-0.2, 0) is 12.8 Å². The maximum absolute atomic E-state index is 13.8. The van der Waals surface area contributed by atoms with Gasteiger partial charge in [-0.3, -0.25) is 0 Å². The summed E-state index contributed by atoms with van der Waals surface area (Å²) in [6.07, 6.45) is 1.46. The van der Waals surface area contributed by atoms with Gasteiger partial charge in [-0.1, -0.05) is 11.8 Å². The Labute approximate surface area is 154 Å². The highest BCUT2D eigenvalue weighted by Crippen LogP contribution is 2.18. The molecule has 2 nitrogen and oxygen atoms in total. The summed E-state index contributed by atoms with van der Waals surface area (Å²) in [7, 11) is 0. The van der Waals surface area contributed by atoms with Crippen molar-refractivity contribution in [1.29, 1.82) is 0 Å². The number of pyridine rings is 1. The van der Waals surface area contributed by atoms with Gasteiger partial charge in [0.15, 0.2) is 0 Å². The first-order chi connectivity index (χ1) is 12.5. The van der Waals surface area contributed by atoms with Crippen LogP contribution in [0.2, 0.25) is 0 Å². The van der Waals surface area contributed by atoms with Crippen molar-refractivity contribution < 1.29 is 4.39 Å². The Morgan fingerprint density at radius 3 is 2.42 bits per heavy atom. The largest absolute Gasteiger partial charge is 0.303 e. The molecule has 0 aliphatic carbocycles. The molecule has 0 fully saturated rings. The second kappa shape index (κ2) is 7.58. The first-order valence-electron chi connectivity index (χ1n) is 8.67. The molecular formula is C23H22FN2. The average molecular weight is 345 g/mol. The number of benzene rings is 1. The smallest absolute Gasteiger partial charge is 0.137 e. The number of hydrogen-bond acceptors (Lipinski definition) is 1. The number of rotatable bonds is 4. The zero-order valence-corrected chi connectivity index (χ0v) is 15.4. The van der Waals surface area contributed by atoms with Gasteiger partial charge in [-0.2, -0.15) is 0 Å². The molecule has 3 rings (SSSR count). The van der Waals surface area contributed by atoms with E-state index in [2.05, 4.69) is 68.4 Å². The van der Waals surface area contributed by atoms with Crippen molar-refractivity contribution in [1.82, 2.24) is 9.55 Å². The van der Waals surface area contributed by atoms with Crippen LogP contribution in [0.5, 0.6) is 0 Å². The van der Waals surface area contributed by atoms with Crippen molar-refractivity contribution in [2.24, 2.45) is 0 Å². The first kappa shape index (κ1) is 17.9. The highest BCUT2D eigenvalue weighted by atomic mass is 19.1. The van der Waals surface area contributed by atoms with Crippen molar-refractivity contribution in [3.63, 3.8) is 0 Å². The molecule has 1 radical (unpaired) electrons. The standard InChI is InChI=1S/C23H22FN2/c1-5-6-19-13-20(15-21(24)14-19)9-10-22-11-16(2)12-23(25-22)26-17(3)7-8-18(26)4/h7-8,11-15H,1,9-10H2,2-4H3. The molecule has 3 heteroatoms. The summed E-state index contributed by atoms with van der Waals surface area (Å²) in [5, 5.41) is 0.